The van der Waals surface area contributed by atoms with Gasteiger partial charge in [-0.05, 0) is 79.8 Å². The summed E-state index contributed by atoms with van der Waals surface area (Å²) in [6.45, 7) is 2.27. The molecule has 0 saturated heterocycles. The molecule has 7 atom stereocenters. The fraction of sp³-hybridized carbons (Fsp3) is 0.762. The molecule has 0 heterocycles. The summed E-state index contributed by atoms with van der Waals surface area (Å²) in [4.78, 5) is 12.9. The predicted octanol–water partition coefficient (Wildman–Crippen LogP) is 4.51. The number of carbonyl (C=O) groups excluding carboxylic acids is 1. The van der Waals surface area contributed by atoms with Gasteiger partial charge in [0.15, 0.2) is 0 Å². The Balaban J connectivity index is 1.50. The van der Waals surface area contributed by atoms with Crippen molar-refractivity contribution >= 4 is 5.78 Å². The second-order valence-corrected chi connectivity index (χ2v) is 8.67. The third kappa shape index (κ3) is 1.73. The van der Waals surface area contributed by atoms with Crippen LogP contribution in [0.15, 0.2) is 23.5 Å². The van der Waals surface area contributed by atoms with Crippen LogP contribution in [0.2, 0.25) is 0 Å². The van der Waals surface area contributed by atoms with Gasteiger partial charge in [0.1, 0.15) is 5.78 Å². The Morgan fingerprint density at radius 3 is 2.87 bits per heavy atom. The van der Waals surface area contributed by atoms with E-state index < -0.39 is 0 Å². The molecule has 0 radical (unpaired) electrons. The van der Waals surface area contributed by atoms with Crippen molar-refractivity contribution in [2.75, 3.05) is 7.11 Å². The number of fused-ring (bicyclic) bond motifs is 7. The minimum atomic E-state index is 0.0717. The minimum absolute atomic E-state index is 0.0717. The van der Waals surface area contributed by atoms with Crippen LogP contribution in [0, 0.1) is 40.9 Å². The Bertz CT molecular complexity index is 615. The smallest absolute Gasteiger partial charge is 0.142 e. The van der Waals surface area contributed by atoms with Gasteiger partial charge in [-0.15, -0.1) is 0 Å². The number of methoxy groups -OCH3 is 1. The average molecular weight is 312 g/mol. The maximum absolute atomic E-state index is 12.9. The summed E-state index contributed by atoms with van der Waals surface area (Å²) in [5.74, 6) is 6.05. The van der Waals surface area contributed by atoms with E-state index in [4.69, 9.17) is 4.74 Å². The molecule has 0 aromatic heterocycles. The number of Topliss-reactive ketones (excluding diaryl/α,β-unsaturated/α-hetero) is 1. The fourth-order valence-corrected chi connectivity index (χ4v) is 7.12. The molecule has 0 N–H and O–H groups in total. The average Bonchev–Trinajstić information content (AvgIpc) is 3.34. The van der Waals surface area contributed by atoms with Crippen molar-refractivity contribution in [3.05, 3.63) is 23.5 Å². The Morgan fingerprint density at radius 2 is 2.09 bits per heavy atom. The normalized spacial score (nSPS) is 50.1. The lowest BCUT2D eigenvalue weighted by molar-refractivity contribution is -0.136. The van der Waals surface area contributed by atoms with Crippen molar-refractivity contribution in [3.8, 4) is 0 Å². The molecule has 0 bridgehead atoms. The van der Waals surface area contributed by atoms with Gasteiger partial charge in [0.25, 0.3) is 0 Å². The van der Waals surface area contributed by atoms with E-state index in [9.17, 15) is 4.79 Å². The molecule has 23 heavy (non-hydrogen) atoms. The number of carbonyl (C=O) groups is 1. The number of ether oxygens (including phenoxy) is 1. The summed E-state index contributed by atoms with van der Waals surface area (Å²) in [5, 5.41) is 0. The van der Waals surface area contributed by atoms with Crippen molar-refractivity contribution in [2.24, 2.45) is 40.9 Å². The molecule has 0 amide bonds. The number of allylic oxidation sites excluding steroid dienone is 4. The summed E-state index contributed by atoms with van der Waals surface area (Å²) < 4.78 is 5.49. The highest BCUT2D eigenvalue weighted by Crippen LogP contribution is 2.71. The Hall–Kier alpha value is -1.05. The first-order valence-electron chi connectivity index (χ1n) is 9.68. The highest BCUT2D eigenvalue weighted by atomic mass is 16.5. The van der Waals surface area contributed by atoms with E-state index in [1.165, 1.54) is 37.7 Å². The zero-order valence-corrected chi connectivity index (χ0v) is 14.4. The molecule has 0 spiro atoms. The third-order valence-corrected chi connectivity index (χ3v) is 8.19. The van der Waals surface area contributed by atoms with Crippen LogP contribution in [0.3, 0.4) is 0 Å². The van der Waals surface area contributed by atoms with Crippen molar-refractivity contribution in [2.45, 2.75) is 51.9 Å². The number of ketones is 1. The molecule has 2 heteroatoms. The van der Waals surface area contributed by atoms with Gasteiger partial charge in [0.2, 0.25) is 0 Å². The molecule has 0 aliphatic heterocycles. The van der Waals surface area contributed by atoms with Gasteiger partial charge in [0.05, 0.1) is 12.9 Å². The molecule has 3 fully saturated rings. The predicted molar refractivity (Wildman–Crippen MR) is 89.5 cm³/mol. The molecular formula is C21H28O2. The van der Waals surface area contributed by atoms with Crippen LogP contribution in [0.5, 0.6) is 0 Å². The Morgan fingerprint density at radius 1 is 1.22 bits per heavy atom. The molecular weight excluding hydrogens is 284 g/mol. The van der Waals surface area contributed by atoms with E-state index in [1.54, 1.807) is 7.11 Å². The largest absolute Gasteiger partial charge is 0.501 e. The van der Waals surface area contributed by atoms with E-state index in [-0.39, 0.29) is 5.41 Å². The van der Waals surface area contributed by atoms with Crippen LogP contribution in [0.4, 0.5) is 0 Å². The second-order valence-electron chi connectivity index (χ2n) is 8.67. The standard InChI is InChI=1S/C21H28O2/c1-3-21-9-8-15-14-7-5-13(23-2)10-12(14)4-6-16(15)19(21)17-11-18(17)20(21)22/h4,10,14-19H,3,5-9,11H2,1-2H3/t14?,15?,16?,17-,18+,19?,21+/m1/s1. The van der Waals surface area contributed by atoms with E-state index in [2.05, 4.69) is 19.1 Å². The summed E-state index contributed by atoms with van der Waals surface area (Å²) in [6, 6.07) is 0. The van der Waals surface area contributed by atoms with Gasteiger partial charge in [-0.3, -0.25) is 4.79 Å². The van der Waals surface area contributed by atoms with Gasteiger partial charge < -0.3 is 4.74 Å². The van der Waals surface area contributed by atoms with Crippen molar-refractivity contribution in [1.29, 1.82) is 0 Å². The number of hydrogen-bond donors (Lipinski definition) is 0. The molecule has 124 valence electrons. The summed E-state index contributed by atoms with van der Waals surface area (Å²) in [5.41, 5.74) is 1.61. The van der Waals surface area contributed by atoms with E-state index >= 15 is 0 Å². The lowest BCUT2D eigenvalue weighted by atomic mass is 9.51. The van der Waals surface area contributed by atoms with Crippen molar-refractivity contribution in [3.63, 3.8) is 0 Å². The van der Waals surface area contributed by atoms with E-state index in [0.717, 1.165) is 42.3 Å². The third-order valence-electron chi connectivity index (χ3n) is 8.19. The first kappa shape index (κ1) is 14.3. The van der Waals surface area contributed by atoms with Crippen LogP contribution in [0.25, 0.3) is 0 Å². The monoisotopic (exact) mass is 312 g/mol. The van der Waals surface area contributed by atoms with Gasteiger partial charge in [-0.1, -0.05) is 13.0 Å². The Kier molecular flexibility index (Phi) is 2.95. The van der Waals surface area contributed by atoms with Crippen LogP contribution in [-0.4, -0.2) is 12.9 Å². The van der Waals surface area contributed by atoms with Gasteiger partial charge in [-0.25, -0.2) is 0 Å². The zero-order valence-electron chi connectivity index (χ0n) is 14.4. The number of hydrogen-bond acceptors (Lipinski definition) is 2. The molecule has 2 nitrogen and oxygen atoms in total. The topological polar surface area (TPSA) is 26.3 Å². The minimum Gasteiger partial charge on any atom is -0.501 e. The SMILES string of the molecule is CC[C@]12CCC3C4CCC(OC)=CC4=CCC3C1[C@@H]1C[C@@H]1C2=O. The van der Waals surface area contributed by atoms with Crippen molar-refractivity contribution in [1.82, 2.24) is 0 Å². The highest BCUT2D eigenvalue weighted by molar-refractivity contribution is 5.93. The first-order valence-corrected chi connectivity index (χ1v) is 9.68. The van der Waals surface area contributed by atoms with E-state index in [1.807, 2.05) is 0 Å². The lowest BCUT2D eigenvalue weighted by Crippen LogP contribution is -2.48. The molecule has 5 aliphatic rings. The Labute approximate surface area is 139 Å². The molecule has 4 unspecified atom stereocenters. The molecule has 5 aliphatic carbocycles. The number of rotatable bonds is 2. The summed E-state index contributed by atoms with van der Waals surface area (Å²) >= 11 is 0. The maximum Gasteiger partial charge on any atom is 0.142 e. The van der Waals surface area contributed by atoms with Gasteiger partial charge >= 0.3 is 0 Å². The van der Waals surface area contributed by atoms with Gasteiger partial charge in [0, 0.05) is 17.8 Å². The lowest BCUT2D eigenvalue weighted by Gasteiger charge is -2.52. The molecule has 0 aromatic rings. The van der Waals surface area contributed by atoms with E-state index in [0.29, 0.717) is 17.6 Å². The van der Waals surface area contributed by atoms with Crippen LogP contribution >= 0.6 is 0 Å². The fourth-order valence-electron chi connectivity index (χ4n) is 7.12. The highest BCUT2D eigenvalue weighted by Gasteiger charge is 2.70. The second kappa shape index (κ2) is 4.74. The molecule has 0 aromatic carbocycles. The molecule has 3 saturated carbocycles. The maximum atomic E-state index is 12.9. The van der Waals surface area contributed by atoms with Crippen LogP contribution < -0.4 is 0 Å². The van der Waals surface area contributed by atoms with Gasteiger partial charge in [-0.2, -0.15) is 0 Å². The summed E-state index contributed by atoms with van der Waals surface area (Å²) in [7, 11) is 1.80. The summed E-state index contributed by atoms with van der Waals surface area (Å²) in [6.07, 6.45) is 13.1. The van der Waals surface area contributed by atoms with Crippen LogP contribution in [-0.2, 0) is 9.53 Å². The molecule has 5 rings (SSSR count). The first-order chi connectivity index (χ1) is 11.2. The zero-order chi connectivity index (χ0) is 15.8. The van der Waals surface area contributed by atoms with Crippen LogP contribution in [0.1, 0.15) is 51.9 Å². The van der Waals surface area contributed by atoms with Crippen molar-refractivity contribution < 1.29 is 9.53 Å². The quantitative estimate of drug-likeness (QED) is 0.749.